The first-order valence-corrected chi connectivity index (χ1v) is 9.66. The maximum atomic E-state index is 13.0. The molecule has 0 aliphatic carbocycles. The van der Waals surface area contributed by atoms with Gasteiger partial charge in [-0.05, 0) is 48.9 Å². The van der Waals surface area contributed by atoms with Gasteiger partial charge in [-0.3, -0.25) is 9.10 Å². The molecule has 0 aromatic heterocycles. The Morgan fingerprint density at radius 1 is 1.04 bits per heavy atom. The van der Waals surface area contributed by atoms with Gasteiger partial charge in [0.1, 0.15) is 0 Å². The van der Waals surface area contributed by atoms with Gasteiger partial charge in [-0.15, -0.1) is 0 Å². The molecule has 2 aromatic carbocycles. The summed E-state index contributed by atoms with van der Waals surface area (Å²) in [5, 5.41) is 9.74. The Morgan fingerprint density at radius 3 is 2.24 bits per heavy atom. The van der Waals surface area contributed by atoms with Crippen LogP contribution in [0.1, 0.15) is 12.0 Å². The van der Waals surface area contributed by atoms with Crippen LogP contribution in [-0.4, -0.2) is 26.0 Å². The van der Waals surface area contributed by atoms with Gasteiger partial charge >= 0.3 is 5.97 Å². The number of hydrogen-bond donors (Lipinski definition) is 1. The van der Waals surface area contributed by atoms with Crippen LogP contribution in [-0.2, 0) is 14.8 Å². The smallest absolute Gasteiger partial charge is 0.305 e. The van der Waals surface area contributed by atoms with Crippen molar-refractivity contribution in [3.8, 4) is 0 Å². The molecule has 9 heteroatoms. The van der Waals surface area contributed by atoms with Crippen molar-refractivity contribution in [2.45, 2.75) is 18.2 Å². The van der Waals surface area contributed by atoms with Crippen molar-refractivity contribution in [1.29, 1.82) is 0 Å². The van der Waals surface area contributed by atoms with Crippen LogP contribution in [0.2, 0.25) is 15.1 Å². The molecular weight excluding hydrogens is 409 g/mol. The summed E-state index contributed by atoms with van der Waals surface area (Å²) in [6, 6.07) is 8.59. The fraction of sp³-hybridized carbons (Fsp3) is 0.188. The average Bonchev–Trinajstić information content (AvgIpc) is 2.53. The van der Waals surface area contributed by atoms with Crippen LogP contribution in [0.4, 0.5) is 5.69 Å². The lowest BCUT2D eigenvalue weighted by atomic mass is 10.2. The molecule has 1 N–H and O–H groups in total. The zero-order chi connectivity index (χ0) is 18.8. The minimum atomic E-state index is -4.03. The van der Waals surface area contributed by atoms with E-state index in [1.807, 2.05) is 0 Å². The second kappa shape index (κ2) is 7.83. The van der Waals surface area contributed by atoms with E-state index in [0.717, 1.165) is 4.31 Å². The largest absolute Gasteiger partial charge is 0.481 e. The van der Waals surface area contributed by atoms with Gasteiger partial charge in [0.2, 0.25) is 0 Å². The Kier molecular flexibility index (Phi) is 6.21. The van der Waals surface area contributed by atoms with Crippen LogP contribution in [0.15, 0.2) is 41.3 Å². The van der Waals surface area contributed by atoms with Gasteiger partial charge in [0.15, 0.2) is 0 Å². The summed E-state index contributed by atoms with van der Waals surface area (Å²) in [7, 11) is -4.03. The maximum absolute atomic E-state index is 13.0. The minimum Gasteiger partial charge on any atom is -0.481 e. The zero-order valence-corrected chi connectivity index (χ0v) is 16.1. The molecule has 0 spiro atoms. The lowest BCUT2D eigenvalue weighted by Gasteiger charge is -2.24. The first kappa shape index (κ1) is 19.8. The number of hydrogen-bond acceptors (Lipinski definition) is 3. The number of nitrogens with zero attached hydrogens (tertiary/aromatic N) is 1. The third kappa shape index (κ3) is 4.58. The highest BCUT2D eigenvalue weighted by molar-refractivity contribution is 7.92. The molecule has 0 radical (unpaired) electrons. The van der Waals surface area contributed by atoms with Gasteiger partial charge in [-0.25, -0.2) is 8.42 Å². The van der Waals surface area contributed by atoms with E-state index in [1.54, 1.807) is 19.1 Å². The predicted molar refractivity (Wildman–Crippen MR) is 99.4 cm³/mol. The van der Waals surface area contributed by atoms with E-state index >= 15 is 0 Å². The average molecular weight is 423 g/mol. The summed E-state index contributed by atoms with van der Waals surface area (Å²) in [6.07, 6.45) is -0.359. The molecule has 0 fully saturated rings. The third-order valence-corrected chi connectivity index (χ3v) is 6.42. The van der Waals surface area contributed by atoms with Crippen molar-refractivity contribution in [2.75, 3.05) is 10.8 Å². The molecule has 0 aliphatic heterocycles. The molecule has 0 amide bonds. The number of carboxylic acid groups (broad SMARTS) is 1. The van der Waals surface area contributed by atoms with E-state index in [-0.39, 0.29) is 27.9 Å². The molecule has 134 valence electrons. The van der Waals surface area contributed by atoms with Crippen molar-refractivity contribution in [3.05, 3.63) is 57.0 Å². The first-order chi connectivity index (χ1) is 11.6. The van der Waals surface area contributed by atoms with E-state index in [0.29, 0.717) is 16.3 Å². The summed E-state index contributed by atoms with van der Waals surface area (Å²) < 4.78 is 27.0. The number of carboxylic acids is 1. The lowest BCUT2D eigenvalue weighted by molar-refractivity contribution is -0.136. The second-order valence-corrected chi connectivity index (χ2v) is 8.31. The van der Waals surface area contributed by atoms with Crippen molar-refractivity contribution >= 4 is 56.5 Å². The second-order valence-electron chi connectivity index (χ2n) is 5.23. The van der Waals surface area contributed by atoms with E-state index in [2.05, 4.69) is 0 Å². The van der Waals surface area contributed by atoms with Crippen molar-refractivity contribution < 1.29 is 18.3 Å². The van der Waals surface area contributed by atoms with Crippen molar-refractivity contribution in [2.24, 2.45) is 0 Å². The Bertz CT molecular complexity index is 916. The van der Waals surface area contributed by atoms with Crippen LogP contribution in [0.5, 0.6) is 0 Å². The molecule has 0 heterocycles. The molecule has 25 heavy (non-hydrogen) atoms. The molecule has 0 atom stereocenters. The van der Waals surface area contributed by atoms with E-state index in [9.17, 15) is 13.2 Å². The van der Waals surface area contributed by atoms with Gasteiger partial charge in [0.25, 0.3) is 10.0 Å². The minimum absolute atomic E-state index is 0.0834. The SMILES string of the molecule is Cc1cc(N(CCC(=O)O)S(=O)(=O)c2ccc(Cl)c(Cl)c2)ccc1Cl. The predicted octanol–water partition coefficient (Wildman–Crippen LogP) is 4.63. The normalized spacial score (nSPS) is 11.4. The van der Waals surface area contributed by atoms with Gasteiger partial charge < -0.3 is 5.11 Å². The Hall–Kier alpha value is -1.47. The van der Waals surface area contributed by atoms with Crippen LogP contribution in [0, 0.1) is 6.92 Å². The highest BCUT2D eigenvalue weighted by Gasteiger charge is 2.26. The number of rotatable bonds is 6. The van der Waals surface area contributed by atoms with Crippen molar-refractivity contribution in [1.82, 2.24) is 0 Å². The monoisotopic (exact) mass is 421 g/mol. The van der Waals surface area contributed by atoms with Gasteiger partial charge in [-0.1, -0.05) is 34.8 Å². The Morgan fingerprint density at radius 2 is 1.68 bits per heavy atom. The van der Waals surface area contributed by atoms with Crippen LogP contribution >= 0.6 is 34.8 Å². The molecule has 5 nitrogen and oxygen atoms in total. The Balaban J connectivity index is 2.54. The molecule has 2 rings (SSSR count). The standard InChI is InChI=1S/C16H14Cl3NO4S/c1-10-8-11(2-4-13(10)17)20(7-6-16(21)22)25(23,24)12-3-5-14(18)15(19)9-12/h2-5,8-9H,6-7H2,1H3,(H,21,22). The quantitative estimate of drug-likeness (QED) is 0.737. The van der Waals surface area contributed by atoms with Crippen LogP contribution in [0.3, 0.4) is 0 Å². The fourth-order valence-corrected chi connectivity index (χ4v) is 4.10. The fourth-order valence-electron chi connectivity index (χ4n) is 2.13. The highest BCUT2D eigenvalue weighted by atomic mass is 35.5. The summed E-state index contributed by atoms with van der Waals surface area (Å²) in [5.41, 5.74) is 0.984. The summed E-state index contributed by atoms with van der Waals surface area (Å²) in [4.78, 5) is 10.9. The maximum Gasteiger partial charge on any atom is 0.305 e. The first-order valence-electron chi connectivity index (χ1n) is 7.08. The number of halogens is 3. The number of sulfonamides is 1. The number of carbonyl (C=O) groups is 1. The van der Waals surface area contributed by atoms with Gasteiger partial charge in [0, 0.05) is 11.6 Å². The van der Waals surface area contributed by atoms with Gasteiger partial charge in [0.05, 0.1) is 27.0 Å². The topological polar surface area (TPSA) is 74.7 Å². The van der Waals surface area contributed by atoms with E-state index in [4.69, 9.17) is 39.9 Å². The van der Waals surface area contributed by atoms with E-state index in [1.165, 1.54) is 24.3 Å². The molecule has 0 saturated carbocycles. The van der Waals surface area contributed by atoms with Crippen LogP contribution in [0.25, 0.3) is 0 Å². The highest BCUT2D eigenvalue weighted by Crippen LogP contribution is 2.30. The molecule has 0 saturated heterocycles. The van der Waals surface area contributed by atoms with Crippen LogP contribution < -0.4 is 4.31 Å². The van der Waals surface area contributed by atoms with E-state index < -0.39 is 16.0 Å². The molecule has 0 aliphatic rings. The zero-order valence-electron chi connectivity index (χ0n) is 13.0. The Labute approximate surface area is 160 Å². The van der Waals surface area contributed by atoms with Crippen molar-refractivity contribution in [3.63, 3.8) is 0 Å². The third-order valence-electron chi connectivity index (χ3n) is 3.44. The number of aliphatic carboxylic acids is 1. The summed E-state index contributed by atoms with van der Waals surface area (Å²) >= 11 is 17.7. The summed E-state index contributed by atoms with van der Waals surface area (Å²) in [6.45, 7) is 1.49. The molecular formula is C16H14Cl3NO4S. The molecule has 2 aromatic rings. The molecule has 0 unspecified atom stereocenters. The number of benzene rings is 2. The van der Waals surface area contributed by atoms with Gasteiger partial charge in [-0.2, -0.15) is 0 Å². The number of aryl methyl sites for hydroxylation is 1. The number of anilines is 1. The molecule has 0 bridgehead atoms. The summed E-state index contributed by atoms with van der Waals surface area (Å²) in [5.74, 6) is -1.11. The lowest BCUT2D eigenvalue weighted by Crippen LogP contribution is -2.33.